The summed E-state index contributed by atoms with van der Waals surface area (Å²) in [5.74, 6) is -0.112. The van der Waals surface area contributed by atoms with E-state index in [9.17, 15) is 5.11 Å². The zero-order valence-electron chi connectivity index (χ0n) is 10.3. The Bertz CT molecular complexity index is 542. The Kier molecular flexibility index (Phi) is 5.16. The third-order valence-corrected chi connectivity index (χ3v) is 4.15. The maximum Gasteiger partial charge on any atom is 0.0870 e. The number of nitrogens with two attached hydrogens (primary N) is 1. The molecule has 19 heavy (non-hydrogen) atoms. The zero-order valence-corrected chi connectivity index (χ0v) is 13.4. The smallest absolute Gasteiger partial charge is 0.0870 e. The summed E-state index contributed by atoms with van der Waals surface area (Å²) in [4.78, 5) is 0. The first-order valence-corrected chi connectivity index (χ1v) is 7.59. The molecule has 4 heteroatoms. The lowest BCUT2D eigenvalue weighted by Crippen LogP contribution is -2.20. The number of hydrogen-bond acceptors (Lipinski definition) is 2. The van der Waals surface area contributed by atoms with Crippen LogP contribution in [0.5, 0.6) is 0 Å². The van der Waals surface area contributed by atoms with Crippen LogP contribution in [0, 0.1) is 0 Å². The first kappa shape index (κ1) is 14.7. The summed E-state index contributed by atoms with van der Waals surface area (Å²) >= 11 is 6.84. The molecule has 100 valence electrons. The van der Waals surface area contributed by atoms with Crippen LogP contribution in [0.1, 0.15) is 23.1 Å². The fraction of sp³-hybridized carbons (Fsp3) is 0.200. The fourth-order valence-corrected chi connectivity index (χ4v) is 2.76. The minimum Gasteiger partial charge on any atom is -0.388 e. The first-order chi connectivity index (χ1) is 9.11. The molecule has 2 unspecified atom stereocenters. The molecule has 2 aromatic rings. The Morgan fingerprint density at radius 3 is 2.21 bits per heavy atom. The van der Waals surface area contributed by atoms with Crippen molar-refractivity contribution < 1.29 is 5.11 Å². The van der Waals surface area contributed by atoms with Crippen LogP contribution in [0.4, 0.5) is 0 Å². The van der Waals surface area contributed by atoms with E-state index in [1.54, 1.807) is 0 Å². The van der Waals surface area contributed by atoms with Crippen molar-refractivity contribution in [3.8, 4) is 0 Å². The molecule has 0 aliphatic carbocycles. The highest BCUT2D eigenvalue weighted by Crippen LogP contribution is 2.31. The van der Waals surface area contributed by atoms with E-state index in [1.807, 2.05) is 48.5 Å². The van der Waals surface area contributed by atoms with Gasteiger partial charge in [-0.25, -0.2) is 0 Å². The van der Waals surface area contributed by atoms with Crippen LogP contribution in [0.3, 0.4) is 0 Å². The highest BCUT2D eigenvalue weighted by atomic mass is 79.9. The van der Waals surface area contributed by atoms with Crippen molar-refractivity contribution in [3.05, 3.63) is 68.6 Å². The third-order valence-electron chi connectivity index (χ3n) is 3.12. The van der Waals surface area contributed by atoms with Gasteiger partial charge in [-0.15, -0.1) is 0 Å². The molecule has 0 fully saturated rings. The predicted molar refractivity (Wildman–Crippen MR) is 85.0 cm³/mol. The average molecular weight is 385 g/mol. The molecule has 2 rings (SSSR count). The molecule has 2 atom stereocenters. The summed E-state index contributed by atoms with van der Waals surface area (Å²) in [7, 11) is 0. The quantitative estimate of drug-likeness (QED) is 0.837. The van der Waals surface area contributed by atoms with Crippen molar-refractivity contribution in [1.82, 2.24) is 0 Å². The summed E-state index contributed by atoms with van der Waals surface area (Å²) in [5.41, 5.74) is 7.75. The molecule has 2 nitrogen and oxygen atoms in total. The van der Waals surface area contributed by atoms with Crippen LogP contribution in [-0.2, 0) is 0 Å². The number of benzene rings is 2. The Balaban J connectivity index is 2.28. The van der Waals surface area contributed by atoms with Gasteiger partial charge in [0.2, 0.25) is 0 Å². The summed E-state index contributed by atoms with van der Waals surface area (Å²) in [6.45, 7) is 0.397. The molecular weight excluding hydrogens is 370 g/mol. The van der Waals surface area contributed by atoms with Crippen molar-refractivity contribution in [2.24, 2.45) is 5.73 Å². The maximum atomic E-state index is 10.5. The van der Waals surface area contributed by atoms with Crippen molar-refractivity contribution in [2.45, 2.75) is 12.0 Å². The fourth-order valence-electron chi connectivity index (χ4n) is 2.08. The molecule has 0 aromatic heterocycles. The van der Waals surface area contributed by atoms with Gasteiger partial charge in [-0.3, -0.25) is 0 Å². The van der Waals surface area contributed by atoms with Crippen molar-refractivity contribution in [1.29, 1.82) is 0 Å². The summed E-state index contributed by atoms with van der Waals surface area (Å²) in [5, 5.41) is 10.5. The lowest BCUT2D eigenvalue weighted by atomic mass is 9.89. The number of hydrogen-bond donors (Lipinski definition) is 2. The molecule has 2 aromatic carbocycles. The van der Waals surface area contributed by atoms with Gasteiger partial charge in [-0.1, -0.05) is 56.1 Å². The molecule has 0 spiro atoms. The second-order valence-corrected chi connectivity index (χ2v) is 6.22. The van der Waals surface area contributed by atoms with E-state index in [2.05, 4.69) is 31.9 Å². The normalized spacial score (nSPS) is 14.1. The summed E-state index contributed by atoms with van der Waals surface area (Å²) in [6, 6.07) is 15.6. The van der Waals surface area contributed by atoms with Crippen LogP contribution in [0.15, 0.2) is 57.5 Å². The van der Waals surface area contributed by atoms with Crippen LogP contribution in [0.25, 0.3) is 0 Å². The van der Waals surface area contributed by atoms with Gasteiger partial charge >= 0.3 is 0 Å². The second kappa shape index (κ2) is 6.66. The molecule has 0 aliphatic rings. The van der Waals surface area contributed by atoms with Crippen LogP contribution in [-0.4, -0.2) is 11.7 Å². The van der Waals surface area contributed by atoms with Gasteiger partial charge < -0.3 is 10.8 Å². The topological polar surface area (TPSA) is 46.2 Å². The van der Waals surface area contributed by atoms with E-state index >= 15 is 0 Å². The molecule has 0 saturated heterocycles. The van der Waals surface area contributed by atoms with Gasteiger partial charge in [0.25, 0.3) is 0 Å². The Labute approximate surface area is 129 Å². The highest BCUT2D eigenvalue weighted by Gasteiger charge is 2.21. The molecule has 0 amide bonds. The lowest BCUT2D eigenvalue weighted by molar-refractivity contribution is 0.147. The molecule has 0 saturated carbocycles. The highest BCUT2D eigenvalue weighted by molar-refractivity contribution is 9.10. The van der Waals surface area contributed by atoms with Gasteiger partial charge in [0.1, 0.15) is 0 Å². The maximum absolute atomic E-state index is 10.5. The van der Waals surface area contributed by atoms with Gasteiger partial charge in [0, 0.05) is 21.4 Å². The number of rotatable bonds is 4. The third kappa shape index (κ3) is 3.66. The molecule has 0 bridgehead atoms. The molecule has 0 heterocycles. The Morgan fingerprint density at radius 2 is 1.63 bits per heavy atom. The SMILES string of the molecule is NCC(c1cccc(Br)c1)C(O)c1ccc(Br)cc1. The van der Waals surface area contributed by atoms with E-state index < -0.39 is 6.10 Å². The lowest BCUT2D eigenvalue weighted by Gasteiger charge is -2.22. The molecule has 0 aliphatic heterocycles. The molecular formula is C15H15Br2NO. The predicted octanol–water partition coefficient (Wildman–Crippen LogP) is 3.99. The second-order valence-electron chi connectivity index (χ2n) is 4.39. The van der Waals surface area contributed by atoms with E-state index in [0.717, 1.165) is 20.1 Å². The Morgan fingerprint density at radius 1 is 0.947 bits per heavy atom. The van der Waals surface area contributed by atoms with Gasteiger partial charge in [0.05, 0.1) is 6.10 Å². The molecule has 3 N–H and O–H groups in total. The minimum atomic E-state index is -0.604. The van der Waals surface area contributed by atoms with Crippen molar-refractivity contribution >= 4 is 31.9 Å². The first-order valence-electron chi connectivity index (χ1n) is 6.01. The van der Waals surface area contributed by atoms with Crippen LogP contribution >= 0.6 is 31.9 Å². The average Bonchev–Trinajstić information content (AvgIpc) is 2.40. The van der Waals surface area contributed by atoms with E-state index in [1.165, 1.54) is 0 Å². The number of aliphatic hydroxyl groups excluding tert-OH is 1. The van der Waals surface area contributed by atoms with Crippen molar-refractivity contribution in [3.63, 3.8) is 0 Å². The van der Waals surface area contributed by atoms with E-state index in [0.29, 0.717) is 6.54 Å². The van der Waals surface area contributed by atoms with E-state index in [4.69, 9.17) is 5.73 Å². The number of halogens is 2. The van der Waals surface area contributed by atoms with Crippen molar-refractivity contribution in [2.75, 3.05) is 6.54 Å². The monoisotopic (exact) mass is 383 g/mol. The minimum absolute atomic E-state index is 0.112. The zero-order chi connectivity index (χ0) is 13.8. The molecule has 0 radical (unpaired) electrons. The number of aliphatic hydroxyl groups is 1. The summed E-state index contributed by atoms with van der Waals surface area (Å²) < 4.78 is 1.99. The van der Waals surface area contributed by atoms with Crippen LogP contribution in [0.2, 0.25) is 0 Å². The van der Waals surface area contributed by atoms with E-state index in [-0.39, 0.29) is 5.92 Å². The van der Waals surface area contributed by atoms with Crippen LogP contribution < -0.4 is 5.73 Å². The van der Waals surface area contributed by atoms with Gasteiger partial charge in [-0.2, -0.15) is 0 Å². The summed E-state index contributed by atoms with van der Waals surface area (Å²) in [6.07, 6.45) is -0.604. The standard InChI is InChI=1S/C15H15Br2NO/c16-12-6-4-10(5-7-12)15(19)14(9-18)11-2-1-3-13(17)8-11/h1-8,14-15,19H,9,18H2. The Hall–Kier alpha value is -0.680. The van der Waals surface area contributed by atoms with Gasteiger partial charge in [-0.05, 0) is 35.4 Å². The largest absolute Gasteiger partial charge is 0.388 e. The van der Waals surface area contributed by atoms with Gasteiger partial charge in [0.15, 0.2) is 0 Å².